The van der Waals surface area contributed by atoms with Gasteiger partial charge in [0, 0.05) is 12.8 Å². The second kappa shape index (κ2) is 45.5. The summed E-state index contributed by atoms with van der Waals surface area (Å²) in [4.78, 5) is 35.1. The highest BCUT2D eigenvalue weighted by molar-refractivity contribution is 7.47. The van der Waals surface area contributed by atoms with E-state index < -0.39 is 51.8 Å². The predicted octanol–water partition coefficient (Wildman–Crippen LogP) is 13.7. The Hall–Kier alpha value is -1.55. The van der Waals surface area contributed by atoms with E-state index in [0.29, 0.717) is 12.8 Å². The fourth-order valence-corrected chi connectivity index (χ4v) is 7.80. The van der Waals surface area contributed by atoms with Crippen molar-refractivity contribution in [3.8, 4) is 0 Å². The molecule has 10 nitrogen and oxygen atoms in total. The number of carbonyl (C=O) groups excluding carboxylic acids is 2. The van der Waals surface area contributed by atoms with E-state index in [2.05, 4.69) is 38.2 Å². The summed E-state index contributed by atoms with van der Waals surface area (Å²) in [7, 11) is -4.62. The smallest absolute Gasteiger partial charge is 0.462 e. The quantitative estimate of drug-likeness (QED) is 0.0233. The number of allylic oxidation sites excluding steroid dienone is 4. The Bertz CT molecular complexity index is 1050. The molecule has 0 radical (unpaired) electrons. The molecule has 0 bridgehead atoms. The SMILES string of the molecule is CCCC/C=C/C/C=C/CCCCCCCC(=O)O[C@@H](COC(=O)CCCCCCCCCCCCCCCCCCCCCCCCC)COP(=O)(O)OC[C@H](O)CO. The van der Waals surface area contributed by atoms with Crippen molar-refractivity contribution in [3.63, 3.8) is 0 Å². The Kier molecular flexibility index (Phi) is 44.3. The molecular weight excluding hydrogens is 780 g/mol. The van der Waals surface area contributed by atoms with Crippen LogP contribution in [0.15, 0.2) is 24.3 Å². The first-order valence-corrected chi connectivity index (χ1v) is 26.3. The van der Waals surface area contributed by atoms with Crippen LogP contribution in [-0.4, -0.2) is 65.7 Å². The van der Waals surface area contributed by atoms with Gasteiger partial charge in [-0.1, -0.05) is 212 Å². The first-order chi connectivity index (χ1) is 29.2. The average molecular weight is 873 g/mol. The number of aliphatic hydroxyl groups excluding tert-OH is 2. The first kappa shape index (κ1) is 58.5. The lowest BCUT2D eigenvalue weighted by Gasteiger charge is -2.20. The molecule has 3 atom stereocenters. The number of hydrogen-bond acceptors (Lipinski definition) is 9. The van der Waals surface area contributed by atoms with Crippen LogP contribution >= 0.6 is 7.82 Å². The third kappa shape index (κ3) is 44.5. The third-order valence-electron chi connectivity index (χ3n) is 10.9. The minimum atomic E-state index is -4.62. The number of carbonyl (C=O) groups is 2. The van der Waals surface area contributed by atoms with E-state index in [4.69, 9.17) is 23.6 Å². The molecule has 0 fully saturated rings. The topological polar surface area (TPSA) is 149 Å². The van der Waals surface area contributed by atoms with Gasteiger partial charge in [0.25, 0.3) is 0 Å². The number of aliphatic hydroxyl groups is 2. The maximum absolute atomic E-state index is 12.6. The summed E-state index contributed by atoms with van der Waals surface area (Å²) < 4.78 is 32.8. The molecule has 354 valence electrons. The van der Waals surface area contributed by atoms with Crippen molar-refractivity contribution in [1.29, 1.82) is 0 Å². The van der Waals surface area contributed by atoms with Crippen molar-refractivity contribution in [2.75, 3.05) is 26.4 Å². The molecule has 0 spiro atoms. The van der Waals surface area contributed by atoms with Gasteiger partial charge in [-0.05, 0) is 38.5 Å². The van der Waals surface area contributed by atoms with Crippen molar-refractivity contribution in [1.82, 2.24) is 0 Å². The normalized spacial score (nSPS) is 13.9. The number of hydrogen-bond donors (Lipinski definition) is 3. The van der Waals surface area contributed by atoms with Gasteiger partial charge in [0.1, 0.15) is 12.7 Å². The summed E-state index contributed by atoms with van der Waals surface area (Å²) in [6.45, 7) is 2.36. The molecule has 0 aliphatic rings. The second-order valence-corrected chi connectivity index (χ2v) is 18.3. The number of phosphoric ester groups is 1. The van der Waals surface area contributed by atoms with Gasteiger partial charge in [-0.15, -0.1) is 0 Å². The summed E-state index contributed by atoms with van der Waals surface area (Å²) in [6, 6.07) is 0. The summed E-state index contributed by atoms with van der Waals surface area (Å²) in [5, 5.41) is 18.4. The number of unbranched alkanes of at least 4 members (excludes halogenated alkanes) is 29. The van der Waals surface area contributed by atoms with Gasteiger partial charge in [0.05, 0.1) is 19.8 Å². The Labute approximate surface area is 368 Å². The monoisotopic (exact) mass is 873 g/mol. The molecule has 0 rings (SSSR count). The van der Waals surface area contributed by atoms with Gasteiger partial charge in [-0.25, -0.2) is 4.57 Å². The van der Waals surface area contributed by atoms with Crippen LogP contribution in [0, 0.1) is 0 Å². The van der Waals surface area contributed by atoms with E-state index in [1.165, 1.54) is 135 Å². The van der Waals surface area contributed by atoms with Gasteiger partial charge in [-0.2, -0.15) is 0 Å². The van der Waals surface area contributed by atoms with Crippen LogP contribution in [0.3, 0.4) is 0 Å². The first-order valence-electron chi connectivity index (χ1n) is 24.8. The molecule has 0 aliphatic carbocycles. The van der Waals surface area contributed by atoms with E-state index in [-0.39, 0.29) is 19.4 Å². The Balaban J connectivity index is 4.12. The minimum absolute atomic E-state index is 0.171. The standard InChI is InChI=1S/C49H93O10P/c1-3-5-7-9-11-13-15-17-19-20-21-22-23-24-25-26-27-29-30-32-34-36-38-40-48(52)56-44-47(45-58-60(54,55)57-43-46(51)42-50)59-49(53)41-39-37-35-33-31-28-18-16-14-12-10-8-6-4-2/h10,12,16,18,46-47,50-51H,3-9,11,13-15,17,19-45H2,1-2H3,(H,54,55)/b12-10+,18-16+/t46-,47+/m1/s1. The molecule has 0 aliphatic heterocycles. The molecule has 0 saturated carbocycles. The highest BCUT2D eigenvalue weighted by Gasteiger charge is 2.27. The largest absolute Gasteiger partial charge is 0.472 e. The van der Waals surface area contributed by atoms with Crippen LogP contribution in [0.1, 0.15) is 239 Å². The highest BCUT2D eigenvalue weighted by atomic mass is 31.2. The van der Waals surface area contributed by atoms with Crippen LogP contribution in [0.2, 0.25) is 0 Å². The van der Waals surface area contributed by atoms with Crippen LogP contribution < -0.4 is 0 Å². The lowest BCUT2D eigenvalue weighted by Crippen LogP contribution is -2.29. The third-order valence-corrected chi connectivity index (χ3v) is 11.8. The summed E-state index contributed by atoms with van der Waals surface area (Å²) >= 11 is 0. The zero-order valence-corrected chi connectivity index (χ0v) is 39.6. The Morgan fingerprint density at radius 2 is 0.883 bits per heavy atom. The van der Waals surface area contributed by atoms with Gasteiger partial charge in [0.15, 0.2) is 6.10 Å². The fraction of sp³-hybridized carbons (Fsp3) is 0.878. The lowest BCUT2D eigenvalue weighted by atomic mass is 10.0. The van der Waals surface area contributed by atoms with Gasteiger partial charge in [-0.3, -0.25) is 18.6 Å². The van der Waals surface area contributed by atoms with E-state index >= 15 is 0 Å². The van der Waals surface area contributed by atoms with Crippen LogP contribution in [0.4, 0.5) is 0 Å². The molecule has 1 unspecified atom stereocenters. The minimum Gasteiger partial charge on any atom is -0.462 e. The Morgan fingerprint density at radius 3 is 1.33 bits per heavy atom. The lowest BCUT2D eigenvalue weighted by molar-refractivity contribution is -0.161. The highest BCUT2D eigenvalue weighted by Crippen LogP contribution is 2.43. The number of rotatable bonds is 47. The average Bonchev–Trinajstić information content (AvgIpc) is 3.24. The van der Waals surface area contributed by atoms with Gasteiger partial charge in [0.2, 0.25) is 0 Å². The predicted molar refractivity (Wildman–Crippen MR) is 247 cm³/mol. The fourth-order valence-electron chi connectivity index (χ4n) is 7.01. The van der Waals surface area contributed by atoms with E-state index in [9.17, 15) is 24.2 Å². The number of phosphoric acid groups is 1. The van der Waals surface area contributed by atoms with Gasteiger partial charge < -0.3 is 24.6 Å². The summed E-state index contributed by atoms with van der Waals surface area (Å²) in [6.07, 6.45) is 47.3. The zero-order valence-electron chi connectivity index (χ0n) is 38.7. The molecule has 0 heterocycles. The molecule has 0 saturated heterocycles. The van der Waals surface area contributed by atoms with Crippen molar-refractivity contribution < 1.29 is 47.8 Å². The number of ether oxygens (including phenoxy) is 2. The van der Waals surface area contributed by atoms with E-state index in [1.54, 1.807) is 0 Å². The summed E-state index contributed by atoms with van der Waals surface area (Å²) in [5.41, 5.74) is 0. The van der Waals surface area contributed by atoms with E-state index in [1.807, 2.05) is 0 Å². The van der Waals surface area contributed by atoms with Crippen molar-refractivity contribution >= 4 is 19.8 Å². The van der Waals surface area contributed by atoms with Crippen LogP contribution in [0.25, 0.3) is 0 Å². The van der Waals surface area contributed by atoms with Crippen molar-refractivity contribution in [2.24, 2.45) is 0 Å². The molecule has 0 aromatic heterocycles. The zero-order chi connectivity index (χ0) is 44.0. The molecule has 3 N–H and O–H groups in total. The molecular formula is C49H93O10P. The van der Waals surface area contributed by atoms with Crippen LogP contribution in [-0.2, 0) is 32.7 Å². The molecule has 0 aromatic rings. The summed E-state index contributed by atoms with van der Waals surface area (Å²) in [5.74, 6) is -0.930. The molecule has 0 aromatic carbocycles. The molecule has 0 amide bonds. The second-order valence-electron chi connectivity index (χ2n) is 16.8. The Morgan fingerprint density at radius 1 is 0.500 bits per heavy atom. The maximum atomic E-state index is 12.6. The van der Waals surface area contributed by atoms with E-state index in [0.717, 1.165) is 64.2 Å². The van der Waals surface area contributed by atoms with Crippen molar-refractivity contribution in [2.45, 2.75) is 251 Å². The maximum Gasteiger partial charge on any atom is 0.472 e. The van der Waals surface area contributed by atoms with Crippen molar-refractivity contribution in [3.05, 3.63) is 24.3 Å². The van der Waals surface area contributed by atoms with Crippen LogP contribution in [0.5, 0.6) is 0 Å². The van der Waals surface area contributed by atoms with Gasteiger partial charge >= 0.3 is 19.8 Å². The number of esters is 2. The molecule has 60 heavy (non-hydrogen) atoms. The molecule has 11 heteroatoms.